The number of carbonyl (C=O) groups excluding carboxylic acids is 3. The Balaban J connectivity index is 1.65. The first-order valence-electron chi connectivity index (χ1n) is 6.75. The maximum Gasteiger partial charge on any atom is 0.321 e. The van der Waals surface area contributed by atoms with Gasteiger partial charge >= 0.3 is 12.0 Å². The SMILES string of the molecule is CNC(=O)NC(=O)COC(=O)C[C@H]1C[C@H]2CC[C@H]1C2. The molecule has 19 heavy (non-hydrogen) atoms. The van der Waals surface area contributed by atoms with Gasteiger partial charge in [-0.1, -0.05) is 6.42 Å². The molecule has 0 unspecified atom stereocenters. The van der Waals surface area contributed by atoms with Crippen molar-refractivity contribution in [1.82, 2.24) is 10.6 Å². The highest BCUT2D eigenvalue weighted by molar-refractivity contribution is 5.95. The summed E-state index contributed by atoms with van der Waals surface area (Å²) < 4.78 is 4.89. The predicted molar refractivity (Wildman–Crippen MR) is 67.1 cm³/mol. The quantitative estimate of drug-likeness (QED) is 0.739. The average molecular weight is 268 g/mol. The van der Waals surface area contributed by atoms with Crippen molar-refractivity contribution >= 4 is 17.9 Å². The number of nitrogens with one attached hydrogen (secondary N) is 2. The molecule has 2 saturated carbocycles. The first-order valence-corrected chi connectivity index (χ1v) is 6.75. The Morgan fingerprint density at radius 2 is 2.00 bits per heavy atom. The van der Waals surface area contributed by atoms with Gasteiger partial charge in [0.25, 0.3) is 5.91 Å². The summed E-state index contributed by atoms with van der Waals surface area (Å²) in [5.41, 5.74) is 0. The second-order valence-corrected chi connectivity index (χ2v) is 5.43. The number of ether oxygens (including phenoxy) is 1. The van der Waals surface area contributed by atoms with Crippen LogP contribution >= 0.6 is 0 Å². The van der Waals surface area contributed by atoms with Crippen molar-refractivity contribution in [2.45, 2.75) is 32.1 Å². The first-order chi connectivity index (χ1) is 9.08. The summed E-state index contributed by atoms with van der Waals surface area (Å²) in [6, 6.07) is -0.603. The molecule has 2 aliphatic carbocycles. The van der Waals surface area contributed by atoms with Crippen molar-refractivity contribution in [3.05, 3.63) is 0 Å². The molecular weight excluding hydrogens is 248 g/mol. The van der Waals surface area contributed by atoms with Crippen LogP contribution in [-0.2, 0) is 14.3 Å². The summed E-state index contributed by atoms with van der Waals surface area (Å²) in [4.78, 5) is 33.7. The number of rotatable bonds is 4. The van der Waals surface area contributed by atoms with Gasteiger partial charge in [0.05, 0.1) is 0 Å². The molecule has 6 heteroatoms. The van der Waals surface area contributed by atoms with Crippen LogP contribution in [0.4, 0.5) is 4.79 Å². The molecule has 106 valence electrons. The van der Waals surface area contributed by atoms with E-state index in [0.717, 1.165) is 12.3 Å². The van der Waals surface area contributed by atoms with E-state index >= 15 is 0 Å². The first kappa shape index (κ1) is 13.8. The van der Waals surface area contributed by atoms with E-state index in [4.69, 9.17) is 4.74 Å². The molecule has 0 saturated heterocycles. The normalized spacial score (nSPS) is 27.9. The summed E-state index contributed by atoms with van der Waals surface area (Å²) >= 11 is 0. The standard InChI is InChI=1S/C13H20N2O4/c1-14-13(18)15-11(16)7-19-12(17)6-10-5-8-2-3-9(10)4-8/h8-10H,2-7H2,1H3,(H2,14,15,16,18)/t8-,9-,10+/m0/s1. The summed E-state index contributed by atoms with van der Waals surface area (Å²) in [6.07, 6.45) is 5.28. The molecule has 6 nitrogen and oxygen atoms in total. The van der Waals surface area contributed by atoms with Crippen LogP contribution in [0.15, 0.2) is 0 Å². The second kappa shape index (κ2) is 6.04. The van der Waals surface area contributed by atoms with Crippen molar-refractivity contribution in [1.29, 1.82) is 0 Å². The van der Waals surface area contributed by atoms with E-state index in [0.29, 0.717) is 18.3 Å². The molecule has 2 N–H and O–H groups in total. The molecule has 0 heterocycles. The number of amides is 3. The van der Waals surface area contributed by atoms with Crippen LogP contribution in [0.25, 0.3) is 0 Å². The van der Waals surface area contributed by atoms with Crippen LogP contribution in [0.3, 0.4) is 0 Å². The van der Waals surface area contributed by atoms with Gasteiger partial charge in [0.15, 0.2) is 6.61 Å². The molecule has 0 aromatic heterocycles. The van der Waals surface area contributed by atoms with Gasteiger partial charge in [0, 0.05) is 13.5 Å². The number of imide groups is 1. The maximum atomic E-state index is 11.6. The lowest BCUT2D eigenvalue weighted by atomic mass is 9.86. The fourth-order valence-corrected chi connectivity index (χ4v) is 3.27. The van der Waals surface area contributed by atoms with Crippen molar-refractivity contribution in [3.63, 3.8) is 0 Å². The Morgan fingerprint density at radius 3 is 2.58 bits per heavy atom. The van der Waals surface area contributed by atoms with Gasteiger partial charge in [-0.2, -0.15) is 0 Å². The lowest BCUT2D eigenvalue weighted by Crippen LogP contribution is -2.39. The Labute approximate surface area is 112 Å². The van der Waals surface area contributed by atoms with Gasteiger partial charge in [0.2, 0.25) is 0 Å². The minimum absolute atomic E-state index is 0.343. The smallest absolute Gasteiger partial charge is 0.321 e. The van der Waals surface area contributed by atoms with E-state index in [2.05, 4.69) is 5.32 Å². The van der Waals surface area contributed by atoms with Gasteiger partial charge in [-0.3, -0.25) is 14.9 Å². The largest absolute Gasteiger partial charge is 0.456 e. The number of hydrogen-bond donors (Lipinski definition) is 2. The second-order valence-electron chi connectivity index (χ2n) is 5.43. The van der Waals surface area contributed by atoms with E-state index in [1.807, 2.05) is 5.32 Å². The van der Waals surface area contributed by atoms with Gasteiger partial charge < -0.3 is 10.1 Å². The van der Waals surface area contributed by atoms with Crippen molar-refractivity contribution in [2.75, 3.05) is 13.7 Å². The molecule has 0 aromatic rings. The Hall–Kier alpha value is -1.59. The highest BCUT2D eigenvalue weighted by atomic mass is 16.5. The van der Waals surface area contributed by atoms with Crippen LogP contribution in [0.1, 0.15) is 32.1 Å². The zero-order chi connectivity index (χ0) is 13.8. The average Bonchev–Trinajstić information content (AvgIpc) is 2.98. The van der Waals surface area contributed by atoms with Crippen LogP contribution in [0.2, 0.25) is 0 Å². The highest BCUT2D eigenvalue weighted by Crippen LogP contribution is 2.49. The van der Waals surface area contributed by atoms with E-state index in [9.17, 15) is 14.4 Å². The van der Waals surface area contributed by atoms with Gasteiger partial charge in [0.1, 0.15) is 0 Å². The minimum atomic E-state index is -0.611. The van der Waals surface area contributed by atoms with Crippen molar-refractivity contribution in [3.8, 4) is 0 Å². The Kier molecular flexibility index (Phi) is 4.39. The number of urea groups is 1. The number of carbonyl (C=O) groups is 3. The van der Waals surface area contributed by atoms with Crippen LogP contribution < -0.4 is 10.6 Å². The molecule has 2 rings (SSSR count). The third-order valence-corrected chi connectivity index (χ3v) is 4.16. The molecule has 0 aliphatic heterocycles. The Morgan fingerprint density at radius 1 is 1.21 bits per heavy atom. The zero-order valence-electron chi connectivity index (χ0n) is 11.1. The topological polar surface area (TPSA) is 84.5 Å². The monoisotopic (exact) mass is 268 g/mol. The van der Waals surface area contributed by atoms with E-state index < -0.39 is 18.5 Å². The van der Waals surface area contributed by atoms with E-state index in [1.54, 1.807) is 0 Å². The molecule has 3 atom stereocenters. The zero-order valence-corrected chi connectivity index (χ0v) is 11.1. The van der Waals surface area contributed by atoms with E-state index in [-0.39, 0.29) is 5.97 Å². The predicted octanol–water partition coefficient (Wildman–Crippen LogP) is 0.811. The molecule has 0 aromatic carbocycles. The summed E-state index contributed by atoms with van der Waals surface area (Å²) in [6.45, 7) is -0.396. The molecule has 3 amide bonds. The molecule has 0 radical (unpaired) electrons. The number of fused-ring (bicyclic) bond motifs is 2. The third kappa shape index (κ3) is 3.68. The summed E-state index contributed by atoms with van der Waals surface area (Å²) in [5.74, 6) is 0.926. The Bertz CT molecular complexity index is 383. The van der Waals surface area contributed by atoms with Crippen molar-refractivity contribution in [2.24, 2.45) is 17.8 Å². The molecule has 0 spiro atoms. The number of hydrogen-bond acceptors (Lipinski definition) is 4. The van der Waals surface area contributed by atoms with Crippen LogP contribution in [-0.4, -0.2) is 31.6 Å². The molecular formula is C13H20N2O4. The maximum absolute atomic E-state index is 11.6. The van der Waals surface area contributed by atoms with Gasteiger partial charge in [-0.15, -0.1) is 0 Å². The summed E-state index contributed by atoms with van der Waals surface area (Å²) in [7, 11) is 1.41. The third-order valence-electron chi connectivity index (χ3n) is 4.16. The molecule has 2 bridgehead atoms. The van der Waals surface area contributed by atoms with Crippen molar-refractivity contribution < 1.29 is 19.1 Å². The fraction of sp³-hybridized carbons (Fsp3) is 0.769. The minimum Gasteiger partial charge on any atom is -0.456 e. The summed E-state index contributed by atoms with van der Waals surface area (Å²) in [5, 5.41) is 4.29. The van der Waals surface area contributed by atoms with Crippen LogP contribution in [0, 0.1) is 17.8 Å². The van der Waals surface area contributed by atoms with Gasteiger partial charge in [-0.05, 0) is 37.0 Å². The molecule has 2 aliphatic rings. The van der Waals surface area contributed by atoms with E-state index in [1.165, 1.54) is 26.3 Å². The number of esters is 1. The lowest BCUT2D eigenvalue weighted by Gasteiger charge is -2.20. The fourth-order valence-electron chi connectivity index (χ4n) is 3.27. The van der Waals surface area contributed by atoms with Crippen LogP contribution in [0.5, 0.6) is 0 Å². The van der Waals surface area contributed by atoms with Gasteiger partial charge in [-0.25, -0.2) is 4.79 Å². The highest BCUT2D eigenvalue weighted by Gasteiger charge is 2.40. The lowest BCUT2D eigenvalue weighted by molar-refractivity contribution is -0.149. The molecule has 2 fully saturated rings.